The Morgan fingerprint density at radius 1 is 0.988 bits per heavy atom. The highest BCUT2D eigenvalue weighted by Gasteiger charge is 2.51. The number of imidazole rings is 1. The van der Waals surface area contributed by atoms with Crippen molar-refractivity contribution in [2.45, 2.75) is 190 Å². The second kappa shape index (κ2) is 29.9. The molecule has 0 spiro atoms. The van der Waals surface area contributed by atoms with Gasteiger partial charge in [0.1, 0.15) is 54.9 Å². The van der Waals surface area contributed by atoms with E-state index in [0.29, 0.717) is 28.8 Å². The van der Waals surface area contributed by atoms with Crippen LogP contribution in [0.15, 0.2) is 49.1 Å². The predicted octanol–water partition coefficient (Wildman–Crippen LogP) is 3.45. The van der Waals surface area contributed by atoms with Crippen LogP contribution < -0.4 is 26.6 Å². The van der Waals surface area contributed by atoms with E-state index in [2.05, 4.69) is 82.6 Å². The van der Waals surface area contributed by atoms with Crippen LogP contribution in [-0.2, 0) is 49.6 Å². The largest absolute Gasteiger partial charge is 0.445 e. The number of amides is 7. The van der Waals surface area contributed by atoms with Crippen LogP contribution in [0.5, 0.6) is 0 Å². The number of benzene rings is 1. The standard InChI is InChI=1S/C55H80IN11O14/c1-8-12-21-55(56,11-4)35-25-39(70)66(53(35)77)23-20-38(69)63-41(30(5)6)50(75)61-31(7)49(74)62-34-17-15-33(16-18-34)27-79-54(78)67-22-19-36(80-40(71)24-32(13-9-2)14-10-3)44(67)51(76)64-42-37(26-68)81-52(46(73)45(42)72)65-48-43-47(58-28-57-43)59-29-60-48/h15-18,28-29,31-32,35-37,40-42,44-46,52,68,71-73H,5,8-14,19-27H2,1-4,6-7H3,(H,61,75)(H,62,74)(H,63,69)(H,64,76)(H2,57,58,59,60,65)/t31-,35?,36-,37-,40?,41-,42-,44+,45+,46-,52-,55?/m0/s1. The van der Waals surface area contributed by atoms with Crippen LogP contribution in [0.4, 0.5) is 16.3 Å². The van der Waals surface area contributed by atoms with Crippen molar-refractivity contribution in [3.05, 3.63) is 54.6 Å². The molecule has 81 heavy (non-hydrogen) atoms. The van der Waals surface area contributed by atoms with E-state index in [4.69, 9.17) is 14.2 Å². The van der Waals surface area contributed by atoms with Crippen molar-refractivity contribution >= 4 is 86.8 Å². The van der Waals surface area contributed by atoms with E-state index in [1.807, 2.05) is 20.8 Å². The number of ether oxygens (including phenoxy) is 3. The molecule has 446 valence electrons. The lowest BCUT2D eigenvalue weighted by Crippen LogP contribution is -2.67. The van der Waals surface area contributed by atoms with Crippen LogP contribution in [0.3, 0.4) is 0 Å². The Balaban J connectivity index is 1.03. The topological polar surface area (TPSA) is 349 Å². The monoisotopic (exact) mass is 1250 g/mol. The lowest BCUT2D eigenvalue weighted by Gasteiger charge is -2.43. The third-order valence-corrected chi connectivity index (χ3v) is 17.3. The SMILES string of the molecule is C=C(C)[C@H](NC(=O)CCN1C(=O)CC(C(I)(CC)CCCC)C1=O)C(=O)N[C@@H](C)C(=O)Nc1ccc(COC(=O)N2CC[C@H](OC(O)CC(CCC)CCC)[C@@H]2C(=O)N[C@@H]2[C@@H](O)[C@H](O)[C@@H](Nc3ncnc4nc[nH]c34)O[C@H]2CO)cc1. The minimum Gasteiger partial charge on any atom is -0.445 e. The van der Waals surface area contributed by atoms with Crippen LogP contribution in [0.25, 0.3) is 11.2 Å². The quantitative estimate of drug-likeness (QED) is 0.0156. The average molecular weight is 1250 g/mol. The number of unbranched alkanes of at least 4 members (excludes halogenated alkanes) is 1. The molecular weight excluding hydrogens is 1170 g/mol. The number of anilines is 2. The number of nitrogens with one attached hydrogen (secondary N) is 6. The van der Waals surface area contributed by atoms with Gasteiger partial charge in [0.15, 0.2) is 24.0 Å². The van der Waals surface area contributed by atoms with Crippen LogP contribution in [0.2, 0.25) is 0 Å². The third kappa shape index (κ3) is 16.4. The van der Waals surface area contributed by atoms with Crippen LogP contribution in [-0.4, -0.2) is 176 Å². The van der Waals surface area contributed by atoms with Crippen molar-refractivity contribution in [3.63, 3.8) is 0 Å². The number of hydrogen-bond acceptors (Lipinski definition) is 18. The molecule has 3 unspecified atom stereocenters. The fraction of sp³-hybridized carbons (Fsp3) is 0.636. The molecule has 1 aromatic carbocycles. The van der Waals surface area contributed by atoms with Gasteiger partial charge in [-0.1, -0.05) is 108 Å². The summed E-state index contributed by atoms with van der Waals surface area (Å²) in [5.74, 6) is -3.48. The van der Waals surface area contributed by atoms with Gasteiger partial charge in [-0.2, -0.15) is 0 Å². The van der Waals surface area contributed by atoms with Crippen molar-refractivity contribution in [1.82, 2.24) is 45.7 Å². The summed E-state index contributed by atoms with van der Waals surface area (Å²) in [7, 11) is 0. The molecule has 0 bridgehead atoms. The number of fused-ring (bicyclic) bond motifs is 1. The summed E-state index contributed by atoms with van der Waals surface area (Å²) >= 11 is 2.31. The Kier molecular flexibility index (Phi) is 23.7. The maximum atomic E-state index is 14.4. The fourth-order valence-electron chi connectivity index (χ4n) is 10.6. The number of aromatic nitrogens is 4. The van der Waals surface area contributed by atoms with Gasteiger partial charge in [-0.3, -0.25) is 38.6 Å². The maximum absolute atomic E-state index is 14.4. The molecule has 0 aliphatic carbocycles. The zero-order valence-corrected chi connectivity index (χ0v) is 49.1. The van der Waals surface area contributed by atoms with E-state index >= 15 is 0 Å². The van der Waals surface area contributed by atoms with E-state index < -0.39 is 103 Å². The first-order chi connectivity index (χ1) is 38.7. The van der Waals surface area contributed by atoms with Gasteiger partial charge >= 0.3 is 6.09 Å². The molecule has 3 saturated heterocycles. The molecule has 0 radical (unpaired) electrons. The molecule has 0 saturated carbocycles. The lowest BCUT2D eigenvalue weighted by atomic mass is 9.84. The number of nitrogens with zero attached hydrogens (tertiary/aromatic N) is 5. The van der Waals surface area contributed by atoms with Crippen molar-refractivity contribution in [2.75, 3.05) is 30.3 Å². The third-order valence-electron chi connectivity index (χ3n) is 15.2. The zero-order valence-electron chi connectivity index (χ0n) is 46.9. The molecule has 3 aromatic rings. The number of aliphatic hydroxyl groups excluding tert-OH is 4. The van der Waals surface area contributed by atoms with Crippen molar-refractivity contribution in [3.8, 4) is 0 Å². The van der Waals surface area contributed by atoms with Gasteiger partial charge in [-0.25, -0.2) is 19.7 Å². The number of H-pyrrole nitrogens is 1. The number of carbonyl (C=O) groups is 7. The summed E-state index contributed by atoms with van der Waals surface area (Å²) in [6, 6.07) is 1.18. The molecule has 5 heterocycles. The molecule has 6 rings (SSSR count). The first-order valence-electron chi connectivity index (χ1n) is 27.9. The van der Waals surface area contributed by atoms with E-state index in [-0.39, 0.29) is 71.5 Å². The zero-order chi connectivity index (χ0) is 59.1. The first kappa shape index (κ1) is 64.3. The fourth-order valence-corrected chi connectivity index (χ4v) is 11.5. The number of imide groups is 1. The van der Waals surface area contributed by atoms with Gasteiger partial charge in [0, 0.05) is 41.5 Å². The Bertz CT molecular complexity index is 2660. The van der Waals surface area contributed by atoms with Gasteiger partial charge in [0.25, 0.3) is 0 Å². The summed E-state index contributed by atoms with van der Waals surface area (Å²) in [5.41, 5.74) is 1.83. The molecule has 2 aromatic heterocycles. The van der Waals surface area contributed by atoms with E-state index in [0.717, 1.165) is 61.2 Å². The average Bonchev–Trinajstić information content (AvgIpc) is 4.18. The van der Waals surface area contributed by atoms with Crippen LogP contribution >= 0.6 is 22.6 Å². The number of aliphatic hydroxyl groups is 4. The highest BCUT2D eigenvalue weighted by atomic mass is 127. The van der Waals surface area contributed by atoms with Gasteiger partial charge < -0.3 is 66.2 Å². The number of carbonyl (C=O) groups excluding carboxylic acids is 7. The second-order valence-corrected chi connectivity index (χ2v) is 23.3. The molecule has 12 atom stereocenters. The summed E-state index contributed by atoms with van der Waals surface area (Å²) in [5, 5.41) is 57.8. The number of likely N-dealkylation sites (tertiary alicyclic amines) is 2. The van der Waals surface area contributed by atoms with Crippen LogP contribution in [0, 0.1) is 11.8 Å². The Morgan fingerprint density at radius 3 is 2.36 bits per heavy atom. The molecular formula is C55H80IN11O14. The highest BCUT2D eigenvalue weighted by molar-refractivity contribution is 14.1. The maximum Gasteiger partial charge on any atom is 0.410 e. The predicted molar refractivity (Wildman–Crippen MR) is 305 cm³/mol. The number of hydrogen-bond donors (Lipinski definition) is 10. The molecule has 3 aliphatic rings. The second-order valence-electron chi connectivity index (χ2n) is 21.2. The van der Waals surface area contributed by atoms with Crippen LogP contribution in [0.1, 0.15) is 124 Å². The van der Waals surface area contributed by atoms with Gasteiger partial charge in [0.2, 0.25) is 35.4 Å². The van der Waals surface area contributed by atoms with E-state index in [1.165, 1.54) is 19.6 Å². The first-order valence-corrected chi connectivity index (χ1v) is 29.0. The minimum atomic E-state index is -1.71. The number of halogens is 1. The van der Waals surface area contributed by atoms with E-state index in [9.17, 15) is 54.0 Å². The van der Waals surface area contributed by atoms with Crippen molar-refractivity contribution in [2.24, 2.45) is 11.8 Å². The smallest absolute Gasteiger partial charge is 0.410 e. The number of rotatable bonds is 29. The summed E-state index contributed by atoms with van der Waals surface area (Å²) < 4.78 is 17.4. The number of aromatic amines is 1. The Labute approximate surface area is 485 Å². The molecule has 26 heteroatoms. The van der Waals surface area contributed by atoms with Gasteiger partial charge in [0.05, 0.1) is 31.0 Å². The molecule has 25 nitrogen and oxygen atoms in total. The Hall–Kier alpha value is -5.91. The normalized spacial score (nSPS) is 23.9. The molecule has 3 fully saturated rings. The number of alkyl halides is 1. The summed E-state index contributed by atoms with van der Waals surface area (Å²) in [4.78, 5) is 112. The molecule has 10 N–H and O–H groups in total. The minimum absolute atomic E-state index is 0.0229. The summed E-state index contributed by atoms with van der Waals surface area (Å²) in [6.45, 7) is 13.9. The van der Waals surface area contributed by atoms with Gasteiger partial charge in [-0.05, 0) is 62.3 Å². The lowest BCUT2D eigenvalue weighted by molar-refractivity contribution is -0.187. The van der Waals surface area contributed by atoms with Gasteiger partial charge in [-0.15, -0.1) is 0 Å². The highest BCUT2D eigenvalue weighted by Crippen LogP contribution is 2.43. The Morgan fingerprint density at radius 2 is 1.70 bits per heavy atom. The molecule has 7 amide bonds. The van der Waals surface area contributed by atoms with E-state index in [1.54, 1.807) is 31.2 Å². The van der Waals surface area contributed by atoms with Crippen molar-refractivity contribution in [1.29, 1.82) is 0 Å². The van der Waals surface area contributed by atoms with Crippen molar-refractivity contribution < 1.29 is 68.2 Å². The summed E-state index contributed by atoms with van der Waals surface area (Å²) in [6.07, 6.45) is 0.649. The molecule has 3 aliphatic heterocycles.